The fourth-order valence-electron chi connectivity index (χ4n) is 2.42. The Morgan fingerprint density at radius 1 is 1.48 bits per heavy atom. The molecule has 5 nitrogen and oxygen atoms in total. The molecule has 1 fully saturated rings. The highest BCUT2D eigenvalue weighted by Gasteiger charge is 2.26. The second-order valence-corrected chi connectivity index (χ2v) is 6.99. The molecule has 1 heterocycles. The number of aliphatic hydroxyl groups is 1. The molecule has 1 aromatic carbocycles. The average molecular weight is 308 g/mol. The molecule has 2 rings (SSSR count). The highest BCUT2D eigenvalue weighted by molar-refractivity contribution is 7.89. The van der Waals surface area contributed by atoms with Gasteiger partial charge in [0.15, 0.2) is 0 Å². The van der Waals surface area contributed by atoms with E-state index in [1.54, 1.807) is 25.1 Å². The minimum atomic E-state index is -3.55. The molecule has 1 aromatic rings. The summed E-state index contributed by atoms with van der Waals surface area (Å²) in [6.45, 7) is 3.14. The molecule has 0 aromatic heterocycles. The van der Waals surface area contributed by atoms with Gasteiger partial charge in [-0.05, 0) is 44.6 Å². The molecule has 0 spiro atoms. The van der Waals surface area contributed by atoms with Crippen molar-refractivity contribution in [2.45, 2.75) is 24.3 Å². The fourth-order valence-corrected chi connectivity index (χ4v) is 3.96. The molecule has 0 bridgehead atoms. The van der Waals surface area contributed by atoms with Gasteiger partial charge in [0.05, 0.1) is 4.90 Å². The highest BCUT2D eigenvalue weighted by atomic mass is 32.2. The van der Waals surface area contributed by atoms with Crippen molar-refractivity contribution >= 4 is 10.0 Å². The first-order chi connectivity index (χ1) is 9.92. The van der Waals surface area contributed by atoms with Crippen LogP contribution >= 0.6 is 0 Å². The summed E-state index contributed by atoms with van der Waals surface area (Å²) in [5, 5.41) is 8.72. The molecule has 1 unspecified atom stereocenters. The van der Waals surface area contributed by atoms with E-state index in [0.29, 0.717) is 11.1 Å². The van der Waals surface area contributed by atoms with Gasteiger partial charge in [-0.25, -0.2) is 13.1 Å². The Balaban J connectivity index is 2.26. The zero-order chi connectivity index (χ0) is 15.5. The number of benzene rings is 1. The van der Waals surface area contributed by atoms with Crippen LogP contribution in [0.3, 0.4) is 0 Å². The van der Waals surface area contributed by atoms with E-state index in [-0.39, 0.29) is 17.5 Å². The van der Waals surface area contributed by atoms with E-state index < -0.39 is 10.0 Å². The molecule has 0 radical (unpaired) electrons. The van der Waals surface area contributed by atoms with Crippen molar-refractivity contribution in [2.24, 2.45) is 0 Å². The van der Waals surface area contributed by atoms with Crippen LogP contribution < -0.4 is 4.72 Å². The van der Waals surface area contributed by atoms with Crippen molar-refractivity contribution < 1.29 is 13.5 Å². The summed E-state index contributed by atoms with van der Waals surface area (Å²) in [5.41, 5.74) is 1.27. The molecule has 1 atom stereocenters. The third kappa shape index (κ3) is 4.05. The van der Waals surface area contributed by atoms with Gasteiger partial charge in [0, 0.05) is 18.2 Å². The Kier molecular flexibility index (Phi) is 5.01. The normalized spacial score (nSPS) is 19.3. The Labute approximate surface area is 126 Å². The lowest BCUT2D eigenvalue weighted by Crippen LogP contribution is -2.36. The zero-order valence-electron chi connectivity index (χ0n) is 12.3. The fraction of sp³-hybridized carbons (Fsp3) is 0.467. The van der Waals surface area contributed by atoms with Crippen LogP contribution in [0.25, 0.3) is 0 Å². The molecule has 1 aliphatic heterocycles. The Morgan fingerprint density at radius 2 is 2.24 bits per heavy atom. The Morgan fingerprint density at radius 3 is 2.86 bits per heavy atom. The summed E-state index contributed by atoms with van der Waals surface area (Å²) < 4.78 is 27.8. The van der Waals surface area contributed by atoms with Crippen LogP contribution in [0.15, 0.2) is 23.1 Å². The number of hydrogen-bond acceptors (Lipinski definition) is 4. The third-order valence-electron chi connectivity index (χ3n) is 3.50. The van der Waals surface area contributed by atoms with Crippen LogP contribution in [0, 0.1) is 18.8 Å². The Bertz CT molecular complexity index is 674. The van der Waals surface area contributed by atoms with Crippen LogP contribution in [0.5, 0.6) is 0 Å². The van der Waals surface area contributed by atoms with Gasteiger partial charge in [0.25, 0.3) is 0 Å². The topological polar surface area (TPSA) is 69.6 Å². The van der Waals surface area contributed by atoms with Crippen LogP contribution in [-0.2, 0) is 10.0 Å². The summed E-state index contributed by atoms with van der Waals surface area (Å²) in [5.74, 6) is 5.26. The van der Waals surface area contributed by atoms with Crippen LogP contribution in [0.2, 0.25) is 0 Å². The van der Waals surface area contributed by atoms with Crippen molar-refractivity contribution in [1.29, 1.82) is 0 Å². The maximum absolute atomic E-state index is 12.5. The number of rotatable bonds is 3. The standard InChI is InChI=1S/C15H20N2O3S/c1-12-5-6-13(4-3-9-18)10-15(12)21(19,20)16-14-7-8-17(2)11-14/h5-6,10,14,16,18H,7-9,11H2,1-2H3. The molecule has 1 saturated heterocycles. The van der Waals surface area contributed by atoms with Gasteiger partial charge in [-0.1, -0.05) is 17.9 Å². The summed E-state index contributed by atoms with van der Waals surface area (Å²) in [4.78, 5) is 2.35. The molecule has 6 heteroatoms. The summed E-state index contributed by atoms with van der Waals surface area (Å²) in [6, 6.07) is 4.99. The predicted octanol–water partition coefficient (Wildman–Crippen LogP) is 0.321. The van der Waals surface area contributed by atoms with Crippen LogP contribution in [0.4, 0.5) is 0 Å². The van der Waals surface area contributed by atoms with Gasteiger partial charge in [-0.3, -0.25) is 0 Å². The van der Waals surface area contributed by atoms with E-state index >= 15 is 0 Å². The largest absolute Gasteiger partial charge is 0.384 e. The lowest BCUT2D eigenvalue weighted by molar-refractivity contribution is 0.350. The number of aliphatic hydroxyl groups excluding tert-OH is 1. The van der Waals surface area contributed by atoms with Crippen molar-refractivity contribution in [2.75, 3.05) is 26.7 Å². The van der Waals surface area contributed by atoms with E-state index in [9.17, 15) is 8.42 Å². The van der Waals surface area contributed by atoms with Gasteiger partial charge >= 0.3 is 0 Å². The first-order valence-electron chi connectivity index (χ1n) is 6.83. The van der Waals surface area contributed by atoms with E-state index in [1.807, 2.05) is 7.05 Å². The number of aryl methyl sites for hydroxylation is 1. The van der Waals surface area contributed by atoms with Gasteiger partial charge in [0.2, 0.25) is 10.0 Å². The quantitative estimate of drug-likeness (QED) is 0.789. The van der Waals surface area contributed by atoms with E-state index in [0.717, 1.165) is 19.5 Å². The lowest BCUT2D eigenvalue weighted by atomic mass is 10.1. The van der Waals surface area contributed by atoms with E-state index in [4.69, 9.17) is 5.11 Å². The SMILES string of the molecule is Cc1ccc(C#CCO)cc1S(=O)(=O)NC1CCN(C)C1. The first-order valence-corrected chi connectivity index (χ1v) is 8.32. The maximum Gasteiger partial charge on any atom is 0.241 e. The second kappa shape index (κ2) is 6.58. The van der Waals surface area contributed by atoms with Gasteiger partial charge in [-0.2, -0.15) is 0 Å². The lowest BCUT2D eigenvalue weighted by Gasteiger charge is -2.15. The molecule has 2 N–H and O–H groups in total. The van der Waals surface area contributed by atoms with Crippen molar-refractivity contribution in [3.63, 3.8) is 0 Å². The van der Waals surface area contributed by atoms with E-state index in [2.05, 4.69) is 21.5 Å². The second-order valence-electron chi connectivity index (χ2n) is 5.31. The molecule has 21 heavy (non-hydrogen) atoms. The zero-order valence-corrected chi connectivity index (χ0v) is 13.1. The minimum absolute atomic E-state index is 0.0495. The van der Waals surface area contributed by atoms with Gasteiger partial charge in [-0.15, -0.1) is 0 Å². The van der Waals surface area contributed by atoms with Crippen molar-refractivity contribution in [3.8, 4) is 11.8 Å². The number of likely N-dealkylation sites (N-methyl/N-ethyl adjacent to an activating group) is 1. The number of nitrogens with zero attached hydrogens (tertiary/aromatic N) is 1. The average Bonchev–Trinajstić information content (AvgIpc) is 2.82. The molecule has 0 amide bonds. The smallest absolute Gasteiger partial charge is 0.241 e. The highest BCUT2D eigenvalue weighted by Crippen LogP contribution is 2.18. The summed E-state index contributed by atoms with van der Waals surface area (Å²) in [7, 11) is -1.58. The van der Waals surface area contributed by atoms with Crippen LogP contribution in [-0.4, -0.2) is 51.2 Å². The number of nitrogens with one attached hydrogen (secondary N) is 1. The summed E-state index contributed by atoms with van der Waals surface area (Å²) in [6.07, 6.45) is 0.818. The number of sulfonamides is 1. The maximum atomic E-state index is 12.5. The molecular formula is C15H20N2O3S. The number of hydrogen-bond donors (Lipinski definition) is 2. The van der Waals surface area contributed by atoms with E-state index in [1.165, 1.54) is 0 Å². The predicted molar refractivity (Wildman–Crippen MR) is 81.4 cm³/mol. The number of likely N-dealkylation sites (tertiary alicyclic amines) is 1. The molecule has 114 valence electrons. The van der Waals surface area contributed by atoms with Crippen molar-refractivity contribution in [3.05, 3.63) is 29.3 Å². The monoisotopic (exact) mass is 308 g/mol. The first kappa shape index (κ1) is 16.0. The van der Waals surface area contributed by atoms with Gasteiger partial charge in [0.1, 0.15) is 6.61 Å². The van der Waals surface area contributed by atoms with Gasteiger partial charge < -0.3 is 10.0 Å². The Hall–Kier alpha value is -1.39. The molecule has 1 aliphatic rings. The molecule has 0 aliphatic carbocycles. The third-order valence-corrected chi connectivity index (χ3v) is 5.17. The molecule has 0 saturated carbocycles. The minimum Gasteiger partial charge on any atom is -0.384 e. The van der Waals surface area contributed by atoms with Crippen LogP contribution in [0.1, 0.15) is 17.5 Å². The summed E-state index contributed by atoms with van der Waals surface area (Å²) >= 11 is 0. The van der Waals surface area contributed by atoms with Crippen molar-refractivity contribution in [1.82, 2.24) is 9.62 Å². The molecular weight excluding hydrogens is 288 g/mol.